The molecule has 0 bridgehead atoms. The van der Waals surface area contributed by atoms with Crippen molar-refractivity contribution in [1.29, 1.82) is 0 Å². The average Bonchev–Trinajstić information content (AvgIpc) is 3.10. The van der Waals surface area contributed by atoms with Crippen LogP contribution in [0.25, 0.3) is 0 Å². The summed E-state index contributed by atoms with van der Waals surface area (Å²) < 4.78 is 33.2. The van der Waals surface area contributed by atoms with Crippen LogP contribution in [0.5, 0.6) is 11.5 Å². The molecular formula is C36H48N4O10. The first-order valence-electron chi connectivity index (χ1n) is 17.3. The van der Waals surface area contributed by atoms with Gasteiger partial charge >= 0.3 is 12.2 Å². The molecule has 0 unspecified atom stereocenters. The van der Waals surface area contributed by atoms with E-state index in [1.54, 1.807) is 50.0 Å². The molecule has 2 aromatic rings. The van der Waals surface area contributed by atoms with Crippen LogP contribution in [0.4, 0.5) is 21.0 Å². The molecular weight excluding hydrogens is 648 g/mol. The van der Waals surface area contributed by atoms with Crippen molar-refractivity contribution in [2.45, 2.75) is 65.0 Å². The smallest absolute Gasteiger partial charge is 0.412 e. The standard InChI is InChI=1S/C36H48N4O10/c1-25(47-29-9-11-31-27(23-29)7-13-33(41)39(31)15-5-21-45-3)49-35(43)37-17-19-38(20-18-37)36(44)50-26(2)48-30-10-12-32-28(24-30)8-14-34(42)40(32)16-6-22-46-4/h9-12,23-26H,5-8,13-22H2,1-4H3/t25-,26-/m1/s1. The minimum Gasteiger partial charge on any atom is -0.455 e. The van der Waals surface area contributed by atoms with E-state index in [2.05, 4.69) is 0 Å². The third-order valence-corrected chi connectivity index (χ3v) is 8.90. The molecule has 14 nitrogen and oxygen atoms in total. The molecule has 0 radical (unpaired) electrons. The van der Waals surface area contributed by atoms with E-state index in [-0.39, 0.29) is 38.0 Å². The van der Waals surface area contributed by atoms with Crippen molar-refractivity contribution in [2.75, 3.05) is 76.5 Å². The monoisotopic (exact) mass is 696 g/mol. The van der Waals surface area contributed by atoms with Gasteiger partial charge in [-0.3, -0.25) is 9.59 Å². The van der Waals surface area contributed by atoms with Crippen LogP contribution in [0.3, 0.4) is 0 Å². The molecule has 4 amide bonds. The summed E-state index contributed by atoms with van der Waals surface area (Å²) in [6.45, 7) is 6.70. The summed E-state index contributed by atoms with van der Waals surface area (Å²) in [5.74, 6) is 1.27. The number of hydrogen-bond acceptors (Lipinski definition) is 10. The molecule has 1 fully saturated rings. The number of benzene rings is 2. The van der Waals surface area contributed by atoms with Gasteiger partial charge in [-0.1, -0.05) is 0 Å². The Kier molecular flexibility index (Phi) is 12.8. The first-order valence-corrected chi connectivity index (χ1v) is 17.3. The first-order chi connectivity index (χ1) is 24.2. The summed E-state index contributed by atoms with van der Waals surface area (Å²) in [4.78, 5) is 57.4. The van der Waals surface area contributed by atoms with E-state index in [1.165, 1.54) is 9.80 Å². The van der Waals surface area contributed by atoms with Crippen LogP contribution in [0, 0.1) is 0 Å². The highest BCUT2D eigenvalue weighted by Gasteiger charge is 2.30. The van der Waals surface area contributed by atoms with Gasteiger partial charge in [-0.15, -0.1) is 0 Å². The summed E-state index contributed by atoms with van der Waals surface area (Å²) in [5.41, 5.74) is 3.74. The normalized spacial score (nSPS) is 17.1. The second-order valence-electron chi connectivity index (χ2n) is 12.5. The second-order valence-corrected chi connectivity index (χ2v) is 12.5. The minimum absolute atomic E-state index is 0.0908. The molecule has 5 rings (SSSR count). The summed E-state index contributed by atoms with van der Waals surface area (Å²) in [6.07, 6.45) is 0.775. The van der Waals surface area contributed by atoms with E-state index >= 15 is 0 Å². The van der Waals surface area contributed by atoms with Crippen molar-refractivity contribution in [3.63, 3.8) is 0 Å². The number of amides is 4. The number of carbonyl (C=O) groups is 4. The van der Waals surface area contributed by atoms with Crippen LogP contribution in [0.15, 0.2) is 36.4 Å². The fraction of sp³-hybridized carbons (Fsp3) is 0.556. The van der Waals surface area contributed by atoms with Crippen LogP contribution in [0.1, 0.15) is 50.7 Å². The summed E-state index contributed by atoms with van der Waals surface area (Å²) in [7, 11) is 3.28. The highest BCUT2D eigenvalue weighted by atomic mass is 16.7. The van der Waals surface area contributed by atoms with Gasteiger partial charge in [0.2, 0.25) is 24.4 Å². The topological polar surface area (TPSA) is 137 Å². The Hall–Kier alpha value is -4.56. The minimum atomic E-state index is -0.854. The van der Waals surface area contributed by atoms with Crippen LogP contribution < -0.4 is 19.3 Å². The molecule has 0 aliphatic carbocycles. The molecule has 0 spiro atoms. The molecule has 272 valence electrons. The number of fused-ring (bicyclic) bond motifs is 2. The Labute approximate surface area is 293 Å². The van der Waals surface area contributed by atoms with Crippen LogP contribution in [-0.4, -0.2) is 113 Å². The van der Waals surface area contributed by atoms with Crippen LogP contribution >= 0.6 is 0 Å². The van der Waals surface area contributed by atoms with Gasteiger partial charge < -0.3 is 48.0 Å². The molecule has 14 heteroatoms. The van der Waals surface area contributed by atoms with E-state index in [1.807, 2.05) is 24.3 Å². The summed E-state index contributed by atoms with van der Waals surface area (Å²) in [6, 6.07) is 11.0. The average molecular weight is 697 g/mol. The maximum Gasteiger partial charge on any atom is 0.412 e. The van der Waals surface area contributed by atoms with Crippen molar-refractivity contribution in [1.82, 2.24) is 9.80 Å². The van der Waals surface area contributed by atoms with E-state index < -0.39 is 24.8 Å². The van der Waals surface area contributed by atoms with Crippen LogP contribution in [-0.2, 0) is 41.4 Å². The third-order valence-electron chi connectivity index (χ3n) is 8.90. The zero-order chi connectivity index (χ0) is 35.6. The molecule has 3 aliphatic heterocycles. The summed E-state index contributed by atoms with van der Waals surface area (Å²) >= 11 is 0. The number of ether oxygens (including phenoxy) is 6. The highest BCUT2D eigenvalue weighted by molar-refractivity contribution is 5.97. The van der Waals surface area contributed by atoms with E-state index in [0.717, 1.165) is 35.3 Å². The SMILES string of the molecule is COCCCN1C(=O)CCc2cc(O[C@@H](C)OC(=O)N3CCN(C(=O)O[C@H](C)Oc4ccc5c(c4)CCC(=O)N5CCCOC)CC3)ccc21. The van der Waals surface area contributed by atoms with Gasteiger partial charge in [-0.2, -0.15) is 0 Å². The number of piperazine rings is 1. The van der Waals surface area contributed by atoms with Crippen molar-refractivity contribution in [3.8, 4) is 11.5 Å². The lowest BCUT2D eigenvalue weighted by Crippen LogP contribution is -2.51. The molecule has 3 heterocycles. The van der Waals surface area contributed by atoms with Crippen molar-refractivity contribution in [2.24, 2.45) is 0 Å². The largest absolute Gasteiger partial charge is 0.455 e. The Morgan fingerprint density at radius 3 is 1.42 bits per heavy atom. The van der Waals surface area contributed by atoms with Gasteiger partial charge in [0.1, 0.15) is 11.5 Å². The number of nitrogens with zero attached hydrogens (tertiary/aromatic N) is 4. The van der Waals surface area contributed by atoms with Crippen molar-refractivity contribution >= 4 is 35.4 Å². The Balaban J connectivity index is 1.05. The molecule has 2 atom stereocenters. The zero-order valence-corrected chi connectivity index (χ0v) is 29.4. The molecule has 3 aliphatic rings. The Bertz CT molecular complexity index is 1400. The number of carbonyl (C=O) groups excluding carboxylic acids is 4. The maximum absolute atomic E-state index is 12.9. The van der Waals surface area contributed by atoms with Gasteiger partial charge in [-0.25, -0.2) is 9.59 Å². The lowest BCUT2D eigenvalue weighted by molar-refractivity contribution is -0.119. The number of hydrogen-bond donors (Lipinski definition) is 0. The maximum atomic E-state index is 12.9. The highest BCUT2D eigenvalue weighted by Crippen LogP contribution is 2.33. The Morgan fingerprint density at radius 1 is 0.640 bits per heavy atom. The fourth-order valence-electron chi connectivity index (χ4n) is 6.38. The second kappa shape index (κ2) is 17.4. The lowest BCUT2D eigenvalue weighted by atomic mass is 10.0. The van der Waals surface area contributed by atoms with Gasteiger partial charge in [0.25, 0.3) is 0 Å². The molecule has 1 saturated heterocycles. The fourth-order valence-corrected chi connectivity index (χ4v) is 6.38. The van der Waals surface area contributed by atoms with Crippen molar-refractivity contribution < 1.29 is 47.6 Å². The molecule has 0 N–H and O–H groups in total. The van der Waals surface area contributed by atoms with Crippen molar-refractivity contribution in [3.05, 3.63) is 47.5 Å². The van der Waals surface area contributed by atoms with E-state index in [9.17, 15) is 19.2 Å². The first kappa shape index (κ1) is 36.7. The van der Waals surface area contributed by atoms with E-state index in [4.69, 9.17) is 28.4 Å². The lowest BCUT2D eigenvalue weighted by Gasteiger charge is -2.34. The molecule has 2 aromatic carbocycles. The molecule has 0 saturated carbocycles. The van der Waals surface area contributed by atoms with Gasteiger partial charge in [-0.05, 0) is 73.2 Å². The number of methoxy groups -OCH3 is 2. The number of rotatable bonds is 14. The molecule has 0 aromatic heterocycles. The van der Waals surface area contributed by atoms with Gasteiger partial charge in [0.05, 0.1) is 0 Å². The third kappa shape index (κ3) is 9.36. The van der Waals surface area contributed by atoms with Gasteiger partial charge in [0, 0.05) is 105 Å². The predicted octanol–water partition coefficient (Wildman–Crippen LogP) is 4.36. The predicted molar refractivity (Wildman–Crippen MR) is 184 cm³/mol. The van der Waals surface area contributed by atoms with Crippen LogP contribution in [0.2, 0.25) is 0 Å². The molecule has 50 heavy (non-hydrogen) atoms. The Morgan fingerprint density at radius 2 is 1.04 bits per heavy atom. The van der Waals surface area contributed by atoms with E-state index in [0.29, 0.717) is 63.5 Å². The number of aryl methyl sites for hydroxylation is 2. The zero-order valence-electron chi connectivity index (χ0n) is 29.4. The number of anilines is 2. The quantitative estimate of drug-likeness (QED) is 0.207. The summed E-state index contributed by atoms with van der Waals surface area (Å²) in [5, 5.41) is 0. The van der Waals surface area contributed by atoms with Gasteiger partial charge in [0.15, 0.2) is 0 Å².